The zero-order valence-electron chi connectivity index (χ0n) is 19.8. The maximum absolute atomic E-state index is 14.9. The van der Waals surface area contributed by atoms with Gasteiger partial charge in [-0.3, -0.25) is 0 Å². The van der Waals surface area contributed by atoms with Crippen LogP contribution < -0.4 is 4.74 Å². The smallest absolute Gasteiger partial charge is 0.201 e. The molecule has 0 N–H and O–H groups in total. The molecule has 4 rings (SSSR count). The monoisotopic (exact) mass is 464 g/mol. The van der Waals surface area contributed by atoms with Crippen LogP contribution in [-0.2, 0) is 0 Å². The second-order valence-corrected chi connectivity index (χ2v) is 9.29. The minimum atomic E-state index is -1.02. The molecule has 1 aliphatic carbocycles. The molecule has 1 saturated carbocycles. The lowest BCUT2D eigenvalue weighted by Crippen LogP contribution is -2.12. The Balaban J connectivity index is 1.51. The molecular formula is C30H31F3O. The average molecular weight is 465 g/mol. The number of allylic oxidation sites excluding steroid dienone is 1. The van der Waals surface area contributed by atoms with E-state index in [2.05, 4.69) is 6.92 Å². The maximum atomic E-state index is 14.9. The Hall–Kier alpha value is -3.01. The van der Waals surface area contributed by atoms with Gasteiger partial charge in [0.2, 0.25) is 5.82 Å². The number of hydrogen-bond donors (Lipinski definition) is 0. The zero-order valence-corrected chi connectivity index (χ0v) is 19.8. The third-order valence-electron chi connectivity index (χ3n) is 6.78. The number of rotatable bonds is 7. The summed E-state index contributed by atoms with van der Waals surface area (Å²) in [6, 6.07) is 15.4. The van der Waals surface area contributed by atoms with Crippen LogP contribution in [0.2, 0.25) is 0 Å². The number of ether oxygens (including phenoxy) is 1. The predicted molar refractivity (Wildman–Crippen MR) is 132 cm³/mol. The fourth-order valence-corrected chi connectivity index (χ4v) is 4.65. The molecular weight excluding hydrogens is 433 g/mol. The second kappa shape index (κ2) is 10.9. The highest BCUT2D eigenvalue weighted by Crippen LogP contribution is 2.38. The molecule has 1 aliphatic rings. The van der Waals surface area contributed by atoms with Gasteiger partial charge in [0, 0.05) is 5.56 Å². The molecule has 178 valence electrons. The van der Waals surface area contributed by atoms with E-state index in [4.69, 9.17) is 4.74 Å². The molecule has 0 amide bonds. The maximum Gasteiger partial charge on any atom is 0.201 e. The summed E-state index contributed by atoms with van der Waals surface area (Å²) in [5.74, 6) is -1.27. The molecule has 0 aromatic heterocycles. The Labute approximate surface area is 200 Å². The second-order valence-electron chi connectivity index (χ2n) is 9.29. The molecule has 3 aromatic carbocycles. The van der Waals surface area contributed by atoms with Crippen molar-refractivity contribution in [3.05, 3.63) is 90.0 Å². The molecule has 1 nitrogen and oxygen atoms in total. The Morgan fingerprint density at radius 2 is 1.50 bits per heavy atom. The third kappa shape index (κ3) is 5.38. The van der Waals surface area contributed by atoms with Gasteiger partial charge in [0.25, 0.3) is 0 Å². The number of halogens is 3. The topological polar surface area (TPSA) is 9.23 Å². The Morgan fingerprint density at radius 1 is 0.824 bits per heavy atom. The molecule has 0 saturated heterocycles. The Bertz CT molecular complexity index is 1140. The summed E-state index contributed by atoms with van der Waals surface area (Å²) in [7, 11) is 0. The van der Waals surface area contributed by atoms with Gasteiger partial charge in [-0.05, 0) is 77.6 Å². The first-order valence-electron chi connectivity index (χ1n) is 12.2. The largest absolute Gasteiger partial charge is 0.462 e. The molecule has 0 radical (unpaired) electrons. The average Bonchev–Trinajstić information content (AvgIpc) is 2.85. The highest BCUT2D eigenvalue weighted by atomic mass is 19.2. The molecule has 3 aromatic rings. The summed E-state index contributed by atoms with van der Waals surface area (Å²) in [5, 5.41) is 0. The van der Waals surface area contributed by atoms with Crippen LogP contribution in [0.4, 0.5) is 13.2 Å². The first-order valence-corrected chi connectivity index (χ1v) is 12.2. The minimum Gasteiger partial charge on any atom is -0.462 e. The highest BCUT2D eigenvalue weighted by molar-refractivity contribution is 5.71. The summed E-state index contributed by atoms with van der Waals surface area (Å²) in [5.41, 5.74) is 3.10. The fraction of sp³-hybridized carbons (Fsp3) is 0.333. The summed E-state index contributed by atoms with van der Waals surface area (Å²) in [4.78, 5) is 0. The first-order chi connectivity index (χ1) is 16.5. The standard InChI is InChI=1S/C30H31F3O/c1-3-4-5-18-34-28-17-16-26(29(32)30(28)33)23-12-10-21(11-13-23)24-14-15-25(27(31)19-24)22-8-6-20(2)7-9-22/h5,10-20,22H,3-4,6-9H2,1-2H3/b18-5-. The molecule has 0 heterocycles. The van der Waals surface area contributed by atoms with E-state index in [0.29, 0.717) is 11.5 Å². The van der Waals surface area contributed by atoms with Crippen molar-refractivity contribution in [3.63, 3.8) is 0 Å². The van der Waals surface area contributed by atoms with Crippen LogP contribution in [0.15, 0.2) is 66.9 Å². The number of hydrogen-bond acceptors (Lipinski definition) is 1. The SMILES string of the molecule is CCC/C=C\Oc1ccc(-c2ccc(-c3ccc(C4CCC(C)CC4)c(F)c3)cc2)c(F)c1F. The van der Waals surface area contributed by atoms with Crippen molar-refractivity contribution in [3.8, 4) is 28.0 Å². The summed E-state index contributed by atoms with van der Waals surface area (Å²) in [6.07, 6.45) is 9.27. The van der Waals surface area contributed by atoms with Gasteiger partial charge in [0.1, 0.15) is 5.82 Å². The lowest BCUT2D eigenvalue weighted by molar-refractivity contribution is 0.342. The normalized spacial score (nSPS) is 18.4. The summed E-state index contributed by atoms with van der Waals surface area (Å²) >= 11 is 0. The van der Waals surface area contributed by atoms with E-state index in [1.54, 1.807) is 36.4 Å². The highest BCUT2D eigenvalue weighted by Gasteiger charge is 2.22. The quantitative estimate of drug-likeness (QED) is 0.316. The van der Waals surface area contributed by atoms with Gasteiger partial charge in [-0.2, -0.15) is 4.39 Å². The van der Waals surface area contributed by atoms with Gasteiger partial charge >= 0.3 is 0 Å². The molecule has 34 heavy (non-hydrogen) atoms. The van der Waals surface area contributed by atoms with Crippen molar-refractivity contribution >= 4 is 0 Å². The molecule has 0 atom stereocenters. The van der Waals surface area contributed by atoms with Gasteiger partial charge in [-0.1, -0.05) is 69.5 Å². The van der Waals surface area contributed by atoms with Crippen LogP contribution in [0.1, 0.15) is 63.9 Å². The van der Waals surface area contributed by atoms with Crippen molar-refractivity contribution in [2.45, 2.75) is 58.3 Å². The van der Waals surface area contributed by atoms with Crippen molar-refractivity contribution in [2.24, 2.45) is 5.92 Å². The lowest BCUT2D eigenvalue weighted by atomic mass is 9.79. The van der Waals surface area contributed by atoms with Gasteiger partial charge in [-0.25, -0.2) is 8.78 Å². The van der Waals surface area contributed by atoms with E-state index in [9.17, 15) is 13.2 Å². The van der Waals surface area contributed by atoms with Gasteiger partial charge in [0.15, 0.2) is 11.6 Å². The van der Waals surface area contributed by atoms with E-state index in [0.717, 1.165) is 61.1 Å². The van der Waals surface area contributed by atoms with Gasteiger partial charge in [0.05, 0.1) is 6.26 Å². The van der Waals surface area contributed by atoms with Crippen LogP contribution >= 0.6 is 0 Å². The molecule has 0 spiro atoms. The Morgan fingerprint density at radius 3 is 2.18 bits per heavy atom. The number of benzene rings is 3. The number of unbranched alkanes of at least 4 members (excludes halogenated alkanes) is 1. The van der Waals surface area contributed by atoms with Crippen molar-refractivity contribution < 1.29 is 17.9 Å². The van der Waals surface area contributed by atoms with E-state index >= 15 is 0 Å². The minimum absolute atomic E-state index is 0.145. The molecule has 4 heteroatoms. The van der Waals surface area contributed by atoms with Crippen LogP contribution in [0.25, 0.3) is 22.3 Å². The van der Waals surface area contributed by atoms with Gasteiger partial charge < -0.3 is 4.74 Å². The van der Waals surface area contributed by atoms with Crippen LogP contribution in [-0.4, -0.2) is 0 Å². The predicted octanol–water partition coefficient (Wildman–Crippen LogP) is 9.42. The van der Waals surface area contributed by atoms with E-state index in [1.165, 1.54) is 18.4 Å². The summed E-state index contributed by atoms with van der Waals surface area (Å²) < 4.78 is 49.3. The van der Waals surface area contributed by atoms with Crippen LogP contribution in [0.5, 0.6) is 5.75 Å². The van der Waals surface area contributed by atoms with Crippen LogP contribution in [0, 0.1) is 23.4 Å². The first kappa shape index (κ1) is 24.1. The third-order valence-corrected chi connectivity index (χ3v) is 6.78. The van der Waals surface area contributed by atoms with E-state index in [-0.39, 0.29) is 17.1 Å². The van der Waals surface area contributed by atoms with Gasteiger partial charge in [-0.15, -0.1) is 0 Å². The molecule has 0 bridgehead atoms. The van der Waals surface area contributed by atoms with Crippen molar-refractivity contribution in [1.29, 1.82) is 0 Å². The van der Waals surface area contributed by atoms with E-state index < -0.39 is 11.6 Å². The summed E-state index contributed by atoms with van der Waals surface area (Å²) in [6.45, 7) is 4.28. The lowest BCUT2D eigenvalue weighted by Gasteiger charge is -2.26. The molecule has 1 fully saturated rings. The Kier molecular flexibility index (Phi) is 7.77. The van der Waals surface area contributed by atoms with Crippen molar-refractivity contribution in [2.75, 3.05) is 0 Å². The van der Waals surface area contributed by atoms with Crippen LogP contribution in [0.3, 0.4) is 0 Å². The van der Waals surface area contributed by atoms with E-state index in [1.807, 2.05) is 19.1 Å². The molecule has 0 aliphatic heterocycles. The molecule has 0 unspecified atom stereocenters. The van der Waals surface area contributed by atoms with Crippen molar-refractivity contribution in [1.82, 2.24) is 0 Å². The zero-order chi connectivity index (χ0) is 24.1. The fourth-order valence-electron chi connectivity index (χ4n) is 4.65.